The molecule has 0 heterocycles. The predicted octanol–water partition coefficient (Wildman–Crippen LogP) is 27.7. The van der Waals surface area contributed by atoms with Gasteiger partial charge in [0.05, 0.1) is 0 Å². The van der Waals surface area contributed by atoms with E-state index in [1.807, 2.05) is 0 Å². The first-order chi connectivity index (χ1) is 45.0. The number of alkyl halides is 8. The number of rotatable bonds is 10. The first kappa shape index (κ1) is 61.4. The molecule has 0 aliphatic carbocycles. The second kappa shape index (κ2) is 26.9. The van der Waals surface area contributed by atoms with Crippen LogP contribution < -0.4 is 0 Å². The fourth-order valence-corrected chi connectivity index (χ4v) is 13.4. The van der Waals surface area contributed by atoms with Crippen LogP contribution in [0.15, 0.2) is 303 Å². The number of halogens is 8. The standard InChI is InChI=1S/C80H50.2C2H2Cl4/c1-5-21-51(22-6-1)57-45-58(52-23-7-2-8-24-52)48-61(47-57)75-63-29-13-17-33-67(63)79(68-34-18-14-30-64(68)75)73-43-39-55-38-42-72-74(44-40-56-37-41-71(73)77(55)78(56)72)80-69-35-19-15-31-65(69)76(66-32-16-20-36-70(66)80)62-49-59(53-25-9-3-10-26-53)46-60(50-62)54-27-11-4-12-28-54;2*3-1(4)2(5)6/h1-50H;2*1-2H. The largest absolute Gasteiger partial charge is 0.137 e. The molecule has 92 heavy (non-hydrogen) atoms. The van der Waals surface area contributed by atoms with Gasteiger partial charge in [-0.1, -0.05) is 267 Å². The van der Waals surface area contributed by atoms with Gasteiger partial charge in [-0.2, -0.15) is 0 Å². The third-order valence-electron chi connectivity index (χ3n) is 17.3. The summed E-state index contributed by atoms with van der Waals surface area (Å²) in [5, 5.41) is 17.5. The fraction of sp³-hybridized carbons (Fsp3) is 0.0476. The third-order valence-corrected chi connectivity index (χ3v) is 20.4. The highest BCUT2D eigenvalue weighted by Crippen LogP contribution is 2.52. The highest BCUT2D eigenvalue weighted by atomic mass is 35.5. The molecule has 0 aliphatic rings. The maximum absolute atomic E-state index is 5.11. The smallest absolute Gasteiger partial charge is 0.102 e. The lowest BCUT2D eigenvalue weighted by Crippen LogP contribution is -1.96. The third kappa shape index (κ3) is 11.9. The lowest BCUT2D eigenvalue weighted by atomic mass is 9.81. The lowest BCUT2D eigenvalue weighted by molar-refractivity contribution is 1.29. The molecule has 446 valence electrons. The van der Waals surface area contributed by atoms with E-state index in [2.05, 4.69) is 303 Å². The molecule has 16 rings (SSSR count). The zero-order chi connectivity index (χ0) is 63.0. The van der Waals surface area contributed by atoms with Gasteiger partial charge in [0, 0.05) is 0 Å². The Labute approximate surface area is 575 Å². The van der Waals surface area contributed by atoms with Gasteiger partial charge >= 0.3 is 0 Å². The molecular weight excluding hydrogens is 1290 g/mol. The Morgan fingerprint density at radius 3 is 0.609 bits per heavy atom. The molecular formula is C84H54Cl8. The summed E-state index contributed by atoms with van der Waals surface area (Å²) in [6, 6.07) is 113. The normalized spacial score (nSPS) is 11.7. The molecule has 0 spiro atoms. The van der Waals surface area contributed by atoms with Gasteiger partial charge in [0.25, 0.3) is 0 Å². The molecule has 0 bridgehead atoms. The minimum absolute atomic E-state index is 0.673. The van der Waals surface area contributed by atoms with Crippen LogP contribution in [0.4, 0.5) is 0 Å². The zero-order valence-electron chi connectivity index (χ0n) is 49.2. The highest BCUT2D eigenvalue weighted by molar-refractivity contribution is 6.57. The van der Waals surface area contributed by atoms with Crippen LogP contribution in [0.25, 0.3) is 164 Å². The van der Waals surface area contributed by atoms with Gasteiger partial charge in [-0.3, -0.25) is 0 Å². The van der Waals surface area contributed by atoms with E-state index < -0.39 is 19.3 Å². The average molecular weight is 1350 g/mol. The number of benzene rings is 16. The van der Waals surface area contributed by atoms with Gasteiger partial charge in [-0.25, -0.2) is 0 Å². The van der Waals surface area contributed by atoms with Gasteiger partial charge in [0.1, 0.15) is 19.3 Å². The summed E-state index contributed by atoms with van der Waals surface area (Å²) in [6.45, 7) is 0. The quantitative estimate of drug-likeness (QED) is 0.0727. The van der Waals surface area contributed by atoms with E-state index in [0.717, 1.165) is 0 Å². The van der Waals surface area contributed by atoms with E-state index in [1.165, 1.54) is 164 Å². The van der Waals surface area contributed by atoms with Gasteiger partial charge in [-0.15, -0.1) is 92.8 Å². The van der Waals surface area contributed by atoms with Crippen LogP contribution in [-0.2, 0) is 0 Å². The minimum atomic E-state index is -0.673. The van der Waals surface area contributed by atoms with Crippen LogP contribution >= 0.6 is 92.8 Å². The van der Waals surface area contributed by atoms with Crippen LogP contribution in [0.1, 0.15) is 0 Å². The van der Waals surface area contributed by atoms with E-state index >= 15 is 0 Å². The molecule has 0 N–H and O–H groups in total. The Morgan fingerprint density at radius 1 is 0.163 bits per heavy atom. The van der Waals surface area contributed by atoms with Crippen molar-refractivity contribution in [3.05, 3.63) is 303 Å². The van der Waals surface area contributed by atoms with Gasteiger partial charge in [-0.05, 0) is 201 Å². The summed E-state index contributed by atoms with van der Waals surface area (Å²) in [4.78, 5) is -2.69. The summed E-state index contributed by atoms with van der Waals surface area (Å²) < 4.78 is 0. The number of hydrogen-bond acceptors (Lipinski definition) is 0. The highest BCUT2D eigenvalue weighted by Gasteiger charge is 2.24. The van der Waals surface area contributed by atoms with Gasteiger partial charge in [0.2, 0.25) is 0 Å². The van der Waals surface area contributed by atoms with E-state index in [4.69, 9.17) is 92.8 Å². The number of hydrogen-bond donors (Lipinski definition) is 0. The Hall–Kier alpha value is -8.08. The summed E-state index contributed by atoms with van der Waals surface area (Å²) >= 11 is 40.9. The van der Waals surface area contributed by atoms with Crippen molar-refractivity contribution in [1.82, 2.24) is 0 Å². The Kier molecular flexibility index (Phi) is 17.9. The van der Waals surface area contributed by atoms with E-state index in [0.29, 0.717) is 0 Å². The molecule has 0 amide bonds. The number of fused-ring (bicyclic) bond motifs is 4. The second-order valence-corrected chi connectivity index (χ2v) is 27.4. The molecule has 0 saturated heterocycles. The molecule has 0 fully saturated rings. The van der Waals surface area contributed by atoms with E-state index in [1.54, 1.807) is 0 Å². The molecule has 0 radical (unpaired) electrons. The molecule has 0 saturated carbocycles. The van der Waals surface area contributed by atoms with Crippen molar-refractivity contribution in [2.24, 2.45) is 0 Å². The molecule has 0 aliphatic heterocycles. The Morgan fingerprint density at radius 2 is 0.370 bits per heavy atom. The lowest BCUT2D eigenvalue weighted by Gasteiger charge is -2.22. The van der Waals surface area contributed by atoms with E-state index in [-0.39, 0.29) is 0 Å². The van der Waals surface area contributed by atoms with Crippen LogP contribution in [0.2, 0.25) is 0 Å². The van der Waals surface area contributed by atoms with Crippen molar-refractivity contribution in [3.8, 4) is 89.0 Å². The molecule has 16 aromatic carbocycles. The van der Waals surface area contributed by atoms with Crippen molar-refractivity contribution < 1.29 is 0 Å². The van der Waals surface area contributed by atoms with Crippen LogP contribution in [0.3, 0.4) is 0 Å². The summed E-state index contributed by atoms with van der Waals surface area (Å²) in [5.74, 6) is 0. The van der Waals surface area contributed by atoms with Crippen LogP contribution in [0.5, 0.6) is 0 Å². The predicted molar refractivity (Wildman–Crippen MR) is 406 cm³/mol. The Balaban J connectivity index is 0.000000562. The monoisotopic (exact) mass is 1340 g/mol. The SMILES string of the molecule is ClC(Cl)C(Cl)Cl.ClC(Cl)C(Cl)Cl.c1ccc(-c2cc(-c3ccccc3)cc(-c3c4ccccc4c(-c4ccc5ccc6c(-c7c8ccccc8c(-c8cc(-c9ccccc9)cc(-c9ccccc9)c8)c8ccccc78)ccc7ccc4c5c76)c4ccccc34)c2)cc1. The average Bonchev–Trinajstić information content (AvgIpc) is 0.717. The Bertz CT molecular complexity index is 4760. The van der Waals surface area contributed by atoms with Crippen molar-refractivity contribution in [2.75, 3.05) is 0 Å². The molecule has 0 aromatic heterocycles. The maximum atomic E-state index is 5.11. The minimum Gasteiger partial charge on any atom is -0.102 e. The molecule has 16 aromatic rings. The molecule has 0 unspecified atom stereocenters. The topological polar surface area (TPSA) is 0 Å². The maximum Gasteiger partial charge on any atom is 0.137 e. The van der Waals surface area contributed by atoms with Crippen molar-refractivity contribution in [2.45, 2.75) is 19.3 Å². The van der Waals surface area contributed by atoms with Crippen LogP contribution in [-0.4, -0.2) is 19.3 Å². The van der Waals surface area contributed by atoms with Crippen molar-refractivity contribution in [3.63, 3.8) is 0 Å². The first-order valence-electron chi connectivity index (χ1n) is 30.2. The summed E-state index contributed by atoms with van der Waals surface area (Å²) in [7, 11) is 0. The molecule has 0 nitrogen and oxygen atoms in total. The zero-order valence-corrected chi connectivity index (χ0v) is 55.2. The molecule has 8 heteroatoms. The molecule has 0 atom stereocenters. The first-order valence-corrected chi connectivity index (χ1v) is 33.7. The van der Waals surface area contributed by atoms with Crippen molar-refractivity contribution >= 4 is 168 Å². The van der Waals surface area contributed by atoms with Crippen molar-refractivity contribution in [1.29, 1.82) is 0 Å². The van der Waals surface area contributed by atoms with Gasteiger partial charge < -0.3 is 0 Å². The summed E-state index contributed by atoms with van der Waals surface area (Å²) in [5.41, 5.74) is 19.6. The second-order valence-electron chi connectivity index (χ2n) is 22.7. The fourth-order valence-electron chi connectivity index (χ4n) is 13.4. The van der Waals surface area contributed by atoms with Crippen LogP contribution in [0, 0.1) is 0 Å². The summed E-state index contributed by atoms with van der Waals surface area (Å²) in [6.07, 6.45) is 0. The van der Waals surface area contributed by atoms with Gasteiger partial charge in [0.15, 0.2) is 0 Å². The van der Waals surface area contributed by atoms with E-state index in [9.17, 15) is 0 Å².